The number of carbonyl (C=O) groups is 1. The molecule has 3 nitrogen and oxygen atoms in total. The second-order valence-corrected chi connectivity index (χ2v) is 5.40. The third kappa shape index (κ3) is 3.36. The highest BCUT2D eigenvalue weighted by molar-refractivity contribution is 9.10. The summed E-state index contributed by atoms with van der Waals surface area (Å²) in [5.41, 5.74) is 7.52. The van der Waals surface area contributed by atoms with Crippen LogP contribution in [0.1, 0.15) is 17.2 Å². The van der Waals surface area contributed by atoms with E-state index in [4.69, 9.17) is 5.73 Å². The molecular formula is C15H14BrFN2O. The molecule has 104 valence electrons. The molecule has 0 aliphatic rings. The van der Waals surface area contributed by atoms with Gasteiger partial charge in [0.15, 0.2) is 0 Å². The highest BCUT2D eigenvalue weighted by atomic mass is 79.9. The standard InChI is InChI=1S/C15H14BrFN2O/c1-9-2-5-11(17)8-13(9)14(15(18)20)19-12-6-3-10(16)4-7-12/h2-8,14,19H,1H3,(H2,18,20). The molecule has 0 aromatic heterocycles. The number of hydrogen-bond acceptors (Lipinski definition) is 2. The smallest absolute Gasteiger partial charge is 0.244 e. The summed E-state index contributed by atoms with van der Waals surface area (Å²) in [6, 6.07) is 10.9. The van der Waals surface area contributed by atoms with E-state index in [1.807, 2.05) is 31.2 Å². The van der Waals surface area contributed by atoms with Crippen molar-refractivity contribution in [2.45, 2.75) is 13.0 Å². The van der Waals surface area contributed by atoms with E-state index in [2.05, 4.69) is 21.2 Å². The third-order valence-corrected chi connectivity index (χ3v) is 3.52. The molecule has 0 aliphatic carbocycles. The Kier molecular flexibility index (Phi) is 4.39. The fourth-order valence-electron chi connectivity index (χ4n) is 1.94. The lowest BCUT2D eigenvalue weighted by atomic mass is 10.00. The summed E-state index contributed by atoms with van der Waals surface area (Å²) in [6.45, 7) is 1.81. The Morgan fingerprint density at radius 3 is 2.50 bits per heavy atom. The molecule has 0 spiro atoms. The van der Waals surface area contributed by atoms with Gasteiger partial charge in [-0.1, -0.05) is 22.0 Å². The lowest BCUT2D eigenvalue weighted by Crippen LogP contribution is -2.28. The molecule has 0 aliphatic heterocycles. The van der Waals surface area contributed by atoms with Crippen molar-refractivity contribution in [2.75, 3.05) is 5.32 Å². The van der Waals surface area contributed by atoms with E-state index >= 15 is 0 Å². The molecule has 3 N–H and O–H groups in total. The van der Waals surface area contributed by atoms with Gasteiger partial charge in [-0.15, -0.1) is 0 Å². The molecule has 0 saturated heterocycles. The average molecular weight is 337 g/mol. The minimum Gasteiger partial charge on any atom is -0.370 e. The Labute approximate surface area is 125 Å². The van der Waals surface area contributed by atoms with Gasteiger partial charge in [-0.3, -0.25) is 4.79 Å². The number of rotatable bonds is 4. The highest BCUT2D eigenvalue weighted by Gasteiger charge is 2.20. The fraction of sp³-hybridized carbons (Fsp3) is 0.133. The molecule has 0 saturated carbocycles. The largest absolute Gasteiger partial charge is 0.370 e. The van der Waals surface area contributed by atoms with Crippen LogP contribution in [0, 0.1) is 12.7 Å². The molecule has 1 amide bonds. The first-order chi connectivity index (χ1) is 9.47. The number of hydrogen-bond donors (Lipinski definition) is 2. The topological polar surface area (TPSA) is 55.1 Å². The van der Waals surface area contributed by atoms with Gasteiger partial charge in [0.25, 0.3) is 0 Å². The molecule has 5 heteroatoms. The van der Waals surface area contributed by atoms with Crippen LogP contribution < -0.4 is 11.1 Å². The number of halogens is 2. The molecular weight excluding hydrogens is 323 g/mol. The number of benzene rings is 2. The quantitative estimate of drug-likeness (QED) is 0.897. The van der Waals surface area contributed by atoms with E-state index in [0.717, 1.165) is 15.7 Å². The maximum atomic E-state index is 13.4. The second kappa shape index (κ2) is 6.05. The van der Waals surface area contributed by atoms with E-state index < -0.39 is 17.8 Å². The Hall–Kier alpha value is -1.88. The Morgan fingerprint density at radius 2 is 1.90 bits per heavy atom. The van der Waals surface area contributed by atoms with Crippen molar-refractivity contribution in [3.63, 3.8) is 0 Å². The number of primary amides is 1. The van der Waals surface area contributed by atoms with E-state index in [1.54, 1.807) is 6.07 Å². The van der Waals surface area contributed by atoms with Gasteiger partial charge < -0.3 is 11.1 Å². The summed E-state index contributed by atoms with van der Waals surface area (Å²) >= 11 is 3.34. The van der Waals surface area contributed by atoms with E-state index in [1.165, 1.54) is 12.1 Å². The number of nitrogens with one attached hydrogen (secondary N) is 1. The summed E-state index contributed by atoms with van der Waals surface area (Å²) in [5.74, 6) is -0.948. The van der Waals surface area contributed by atoms with Gasteiger partial charge in [0, 0.05) is 10.2 Å². The molecule has 2 rings (SSSR count). The van der Waals surface area contributed by atoms with Gasteiger partial charge in [0.05, 0.1) is 0 Å². The van der Waals surface area contributed by atoms with Crippen molar-refractivity contribution in [3.05, 3.63) is 63.9 Å². The third-order valence-electron chi connectivity index (χ3n) is 2.99. The predicted octanol–water partition coefficient (Wildman–Crippen LogP) is 3.54. The van der Waals surface area contributed by atoms with Crippen LogP contribution in [0.4, 0.5) is 10.1 Å². The maximum Gasteiger partial charge on any atom is 0.244 e. The first-order valence-corrected chi connectivity index (χ1v) is 6.84. The zero-order chi connectivity index (χ0) is 14.7. The van der Waals surface area contributed by atoms with Crippen LogP contribution in [-0.2, 0) is 4.79 Å². The zero-order valence-corrected chi connectivity index (χ0v) is 12.4. The molecule has 0 fully saturated rings. The highest BCUT2D eigenvalue weighted by Crippen LogP contribution is 2.24. The molecule has 1 unspecified atom stereocenters. The number of carbonyl (C=O) groups excluding carboxylic acids is 1. The SMILES string of the molecule is Cc1ccc(F)cc1C(Nc1ccc(Br)cc1)C(N)=O. The van der Waals surface area contributed by atoms with Crippen LogP contribution >= 0.6 is 15.9 Å². The Bertz CT molecular complexity index is 628. The molecule has 0 bridgehead atoms. The molecule has 2 aromatic rings. The first kappa shape index (κ1) is 14.5. The van der Waals surface area contributed by atoms with Crippen molar-refractivity contribution in [2.24, 2.45) is 5.73 Å². The Balaban J connectivity index is 2.34. The van der Waals surface area contributed by atoms with Crippen molar-refractivity contribution in [1.82, 2.24) is 0 Å². The summed E-state index contributed by atoms with van der Waals surface area (Å²) in [6.07, 6.45) is 0. The molecule has 1 atom stereocenters. The lowest BCUT2D eigenvalue weighted by Gasteiger charge is -2.19. The number of nitrogens with two attached hydrogens (primary N) is 1. The van der Waals surface area contributed by atoms with E-state index in [-0.39, 0.29) is 0 Å². The summed E-state index contributed by atoms with van der Waals surface area (Å²) in [4.78, 5) is 11.7. The normalized spacial score (nSPS) is 11.9. The van der Waals surface area contributed by atoms with Crippen LogP contribution in [0.3, 0.4) is 0 Å². The van der Waals surface area contributed by atoms with E-state index in [0.29, 0.717) is 5.56 Å². The van der Waals surface area contributed by atoms with Crippen LogP contribution in [0.5, 0.6) is 0 Å². The van der Waals surface area contributed by atoms with Gasteiger partial charge in [0.1, 0.15) is 11.9 Å². The van der Waals surface area contributed by atoms with Crippen LogP contribution in [0.2, 0.25) is 0 Å². The lowest BCUT2D eigenvalue weighted by molar-refractivity contribution is -0.118. The first-order valence-electron chi connectivity index (χ1n) is 6.05. The van der Waals surface area contributed by atoms with Crippen LogP contribution in [0.15, 0.2) is 46.9 Å². The molecule has 20 heavy (non-hydrogen) atoms. The zero-order valence-electron chi connectivity index (χ0n) is 10.9. The number of aryl methyl sites for hydroxylation is 1. The molecule has 2 aromatic carbocycles. The van der Waals surface area contributed by atoms with Crippen molar-refractivity contribution >= 4 is 27.5 Å². The minimum atomic E-state index is -0.771. The predicted molar refractivity (Wildman–Crippen MR) is 80.8 cm³/mol. The van der Waals surface area contributed by atoms with E-state index in [9.17, 15) is 9.18 Å². The van der Waals surface area contributed by atoms with Gasteiger partial charge in [-0.25, -0.2) is 4.39 Å². The minimum absolute atomic E-state index is 0.394. The van der Waals surface area contributed by atoms with Crippen molar-refractivity contribution in [1.29, 1.82) is 0 Å². The van der Waals surface area contributed by atoms with Gasteiger partial charge in [-0.2, -0.15) is 0 Å². The second-order valence-electron chi connectivity index (χ2n) is 4.49. The van der Waals surface area contributed by atoms with Gasteiger partial charge >= 0.3 is 0 Å². The van der Waals surface area contributed by atoms with Crippen molar-refractivity contribution in [3.8, 4) is 0 Å². The van der Waals surface area contributed by atoms with Crippen LogP contribution in [0.25, 0.3) is 0 Å². The maximum absolute atomic E-state index is 13.4. The molecule has 0 radical (unpaired) electrons. The van der Waals surface area contributed by atoms with Crippen LogP contribution in [-0.4, -0.2) is 5.91 Å². The summed E-state index contributed by atoms with van der Waals surface area (Å²) in [5, 5.41) is 3.03. The summed E-state index contributed by atoms with van der Waals surface area (Å²) in [7, 11) is 0. The molecule has 0 heterocycles. The van der Waals surface area contributed by atoms with Gasteiger partial charge in [-0.05, 0) is 54.4 Å². The monoisotopic (exact) mass is 336 g/mol. The Morgan fingerprint density at radius 1 is 1.25 bits per heavy atom. The van der Waals surface area contributed by atoms with Gasteiger partial charge in [0.2, 0.25) is 5.91 Å². The fourth-order valence-corrected chi connectivity index (χ4v) is 2.20. The summed E-state index contributed by atoms with van der Waals surface area (Å²) < 4.78 is 14.3. The average Bonchev–Trinajstić information content (AvgIpc) is 2.41. The number of anilines is 1. The van der Waals surface area contributed by atoms with Crippen molar-refractivity contribution < 1.29 is 9.18 Å². The number of amides is 1.